The second-order valence-corrected chi connectivity index (χ2v) is 5.17. The number of nitrogens with zero attached hydrogens (tertiary/aromatic N) is 2. The van der Waals surface area contributed by atoms with Gasteiger partial charge in [-0.15, -0.1) is 0 Å². The van der Waals surface area contributed by atoms with Gasteiger partial charge in [0.2, 0.25) is 5.91 Å². The highest BCUT2D eigenvalue weighted by molar-refractivity contribution is 5.93. The van der Waals surface area contributed by atoms with Gasteiger partial charge < -0.3 is 11.1 Å². The molecule has 0 unspecified atom stereocenters. The molecule has 2 heterocycles. The zero-order valence-corrected chi connectivity index (χ0v) is 12.0. The summed E-state index contributed by atoms with van der Waals surface area (Å²) in [4.78, 5) is 19.2. The third kappa shape index (κ3) is 5.95. The Morgan fingerprint density at radius 1 is 1.05 bits per heavy atom. The van der Waals surface area contributed by atoms with Gasteiger partial charge in [0.25, 0.3) is 0 Å². The first-order valence-electron chi connectivity index (χ1n) is 6.28. The Labute approximate surface area is 119 Å². The number of hydrogen-bond acceptors (Lipinski definition) is 4. The molecule has 0 bridgehead atoms. The summed E-state index contributed by atoms with van der Waals surface area (Å²) in [5.74, 6) is 1.15. The molecular weight excluding hydrogens is 252 g/mol. The fourth-order valence-electron chi connectivity index (χ4n) is 1.12. The summed E-state index contributed by atoms with van der Waals surface area (Å²) in [5.41, 5.74) is 4.87. The standard InChI is InChI=1S/C10H14N2O.C5H6N2/c1-10(2,3)9(13)12-8-6-4-5-7-11-8;6-5-3-1-2-4-7-5/h4-7H,1-3H3,(H,11,12,13);1-4H,(H2,6,7). The predicted octanol–water partition coefficient (Wildman–Crippen LogP) is 2.73. The van der Waals surface area contributed by atoms with Crippen molar-refractivity contribution in [1.82, 2.24) is 9.97 Å². The number of carbonyl (C=O) groups excluding carboxylic acids is 1. The smallest absolute Gasteiger partial charge is 0.230 e. The molecule has 0 aromatic carbocycles. The second-order valence-electron chi connectivity index (χ2n) is 5.17. The number of hydrogen-bond donors (Lipinski definition) is 2. The highest BCUT2D eigenvalue weighted by Crippen LogP contribution is 2.15. The normalized spacial score (nSPS) is 10.2. The summed E-state index contributed by atoms with van der Waals surface area (Å²) in [7, 11) is 0. The van der Waals surface area contributed by atoms with Crippen molar-refractivity contribution in [2.24, 2.45) is 5.41 Å². The van der Waals surface area contributed by atoms with Crippen molar-refractivity contribution in [3.8, 4) is 0 Å². The lowest BCUT2D eigenvalue weighted by molar-refractivity contribution is -0.123. The van der Waals surface area contributed by atoms with Crippen LogP contribution in [0.25, 0.3) is 0 Å². The van der Waals surface area contributed by atoms with Gasteiger partial charge in [-0.1, -0.05) is 32.9 Å². The van der Waals surface area contributed by atoms with E-state index in [0.29, 0.717) is 11.6 Å². The number of nitrogens with two attached hydrogens (primary N) is 1. The van der Waals surface area contributed by atoms with E-state index in [1.54, 1.807) is 24.5 Å². The number of amides is 1. The fraction of sp³-hybridized carbons (Fsp3) is 0.267. The van der Waals surface area contributed by atoms with Gasteiger partial charge in [-0.2, -0.15) is 0 Å². The van der Waals surface area contributed by atoms with Crippen LogP contribution in [0, 0.1) is 5.41 Å². The molecule has 106 valence electrons. The van der Waals surface area contributed by atoms with Crippen molar-refractivity contribution in [3.05, 3.63) is 48.8 Å². The third-order valence-corrected chi connectivity index (χ3v) is 2.28. The van der Waals surface area contributed by atoms with E-state index in [1.807, 2.05) is 45.0 Å². The molecule has 5 heteroatoms. The number of carbonyl (C=O) groups is 1. The first-order valence-corrected chi connectivity index (χ1v) is 6.28. The van der Waals surface area contributed by atoms with E-state index < -0.39 is 0 Å². The number of nitrogens with one attached hydrogen (secondary N) is 1. The van der Waals surface area contributed by atoms with Gasteiger partial charge in [0.05, 0.1) is 0 Å². The van der Waals surface area contributed by atoms with Gasteiger partial charge in [0.1, 0.15) is 11.6 Å². The van der Waals surface area contributed by atoms with Crippen molar-refractivity contribution >= 4 is 17.5 Å². The average molecular weight is 272 g/mol. The molecule has 3 N–H and O–H groups in total. The largest absolute Gasteiger partial charge is 0.384 e. The van der Waals surface area contributed by atoms with Crippen molar-refractivity contribution in [2.75, 3.05) is 11.1 Å². The Hall–Kier alpha value is -2.43. The molecule has 2 aromatic rings. The molecule has 0 spiro atoms. The van der Waals surface area contributed by atoms with Crippen molar-refractivity contribution in [1.29, 1.82) is 0 Å². The minimum atomic E-state index is -0.377. The lowest BCUT2D eigenvalue weighted by atomic mass is 9.96. The summed E-state index contributed by atoms with van der Waals surface area (Å²) in [6.07, 6.45) is 3.31. The lowest BCUT2D eigenvalue weighted by Crippen LogP contribution is -2.27. The highest BCUT2D eigenvalue weighted by atomic mass is 16.2. The Balaban J connectivity index is 0.000000240. The maximum atomic E-state index is 11.5. The van der Waals surface area contributed by atoms with Crippen LogP contribution in [0.4, 0.5) is 11.6 Å². The zero-order valence-electron chi connectivity index (χ0n) is 12.0. The lowest BCUT2D eigenvalue weighted by Gasteiger charge is -2.16. The number of nitrogen functional groups attached to an aromatic ring is 1. The van der Waals surface area contributed by atoms with Crippen LogP contribution in [0.15, 0.2) is 48.8 Å². The quantitative estimate of drug-likeness (QED) is 0.836. The van der Waals surface area contributed by atoms with E-state index in [0.717, 1.165) is 0 Å². The van der Waals surface area contributed by atoms with Gasteiger partial charge in [-0.3, -0.25) is 4.79 Å². The zero-order chi connectivity index (χ0) is 15.0. The number of anilines is 2. The summed E-state index contributed by atoms with van der Waals surface area (Å²) in [6, 6.07) is 10.8. The summed E-state index contributed by atoms with van der Waals surface area (Å²) < 4.78 is 0. The predicted molar refractivity (Wildman–Crippen MR) is 81.0 cm³/mol. The van der Waals surface area contributed by atoms with E-state index >= 15 is 0 Å². The second kappa shape index (κ2) is 7.23. The van der Waals surface area contributed by atoms with Crippen LogP contribution in [0.3, 0.4) is 0 Å². The Morgan fingerprint density at radius 3 is 2.00 bits per heavy atom. The minimum Gasteiger partial charge on any atom is -0.384 e. The highest BCUT2D eigenvalue weighted by Gasteiger charge is 2.21. The van der Waals surface area contributed by atoms with Crippen molar-refractivity contribution in [3.63, 3.8) is 0 Å². The van der Waals surface area contributed by atoms with E-state index in [9.17, 15) is 4.79 Å². The molecule has 2 rings (SSSR count). The SMILES string of the molecule is CC(C)(C)C(=O)Nc1ccccn1.Nc1ccccn1. The molecule has 0 saturated carbocycles. The van der Waals surface area contributed by atoms with Gasteiger partial charge in [-0.05, 0) is 24.3 Å². The number of aromatic nitrogens is 2. The van der Waals surface area contributed by atoms with Crippen LogP contribution < -0.4 is 11.1 Å². The molecule has 1 amide bonds. The summed E-state index contributed by atoms with van der Waals surface area (Å²) >= 11 is 0. The molecule has 0 fully saturated rings. The molecule has 0 atom stereocenters. The van der Waals surface area contributed by atoms with Crippen LogP contribution in [-0.4, -0.2) is 15.9 Å². The maximum Gasteiger partial charge on any atom is 0.230 e. The topological polar surface area (TPSA) is 80.9 Å². The van der Waals surface area contributed by atoms with Crippen LogP contribution in [0.1, 0.15) is 20.8 Å². The molecular formula is C15H20N4O. The van der Waals surface area contributed by atoms with Gasteiger partial charge in [0.15, 0.2) is 0 Å². The first-order chi connectivity index (χ1) is 9.39. The van der Waals surface area contributed by atoms with E-state index in [1.165, 1.54) is 0 Å². The van der Waals surface area contributed by atoms with E-state index in [-0.39, 0.29) is 11.3 Å². The average Bonchev–Trinajstić information content (AvgIpc) is 2.40. The van der Waals surface area contributed by atoms with Crippen LogP contribution in [-0.2, 0) is 4.79 Å². The van der Waals surface area contributed by atoms with Crippen molar-refractivity contribution in [2.45, 2.75) is 20.8 Å². The molecule has 0 saturated heterocycles. The van der Waals surface area contributed by atoms with Gasteiger partial charge in [-0.25, -0.2) is 9.97 Å². The Bertz CT molecular complexity index is 521. The minimum absolute atomic E-state index is 0.0220. The van der Waals surface area contributed by atoms with Crippen LogP contribution in [0.5, 0.6) is 0 Å². The molecule has 2 aromatic heterocycles. The van der Waals surface area contributed by atoms with Crippen molar-refractivity contribution < 1.29 is 4.79 Å². The number of pyridine rings is 2. The molecule has 0 radical (unpaired) electrons. The van der Waals surface area contributed by atoms with E-state index in [4.69, 9.17) is 5.73 Å². The number of rotatable bonds is 1. The van der Waals surface area contributed by atoms with Gasteiger partial charge in [0, 0.05) is 17.8 Å². The summed E-state index contributed by atoms with van der Waals surface area (Å²) in [6.45, 7) is 5.60. The monoisotopic (exact) mass is 272 g/mol. The fourth-order valence-corrected chi connectivity index (χ4v) is 1.12. The first kappa shape index (κ1) is 15.6. The van der Waals surface area contributed by atoms with Crippen LogP contribution >= 0.6 is 0 Å². The Morgan fingerprint density at radius 2 is 1.65 bits per heavy atom. The molecule has 0 aliphatic rings. The third-order valence-electron chi connectivity index (χ3n) is 2.28. The van der Waals surface area contributed by atoms with E-state index in [2.05, 4.69) is 15.3 Å². The Kier molecular flexibility index (Phi) is 5.65. The summed E-state index contributed by atoms with van der Waals surface area (Å²) in [5, 5.41) is 2.73. The van der Waals surface area contributed by atoms with Crippen LogP contribution in [0.2, 0.25) is 0 Å². The molecule has 0 aliphatic carbocycles. The van der Waals surface area contributed by atoms with Gasteiger partial charge >= 0.3 is 0 Å². The molecule has 5 nitrogen and oxygen atoms in total. The maximum absolute atomic E-state index is 11.5. The molecule has 0 aliphatic heterocycles. The molecule has 20 heavy (non-hydrogen) atoms.